The number of nitrogens with one attached hydrogen (secondary N) is 1. The predicted octanol–water partition coefficient (Wildman–Crippen LogP) is 3.43. The monoisotopic (exact) mass is 399 g/mol. The molecule has 3 aromatic rings. The van der Waals surface area contributed by atoms with Gasteiger partial charge in [-0.3, -0.25) is 4.79 Å². The van der Waals surface area contributed by atoms with E-state index in [0.29, 0.717) is 23.1 Å². The zero-order valence-electron chi connectivity index (χ0n) is 15.6. The number of hydrogen-bond donors (Lipinski definition) is 2. The van der Waals surface area contributed by atoms with Crippen LogP contribution < -0.4 is 5.32 Å². The maximum absolute atomic E-state index is 13.0. The Balaban J connectivity index is 1.61. The number of thioether (sulfide) groups is 1. The van der Waals surface area contributed by atoms with E-state index < -0.39 is 0 Å². The number of hydrogen-bond acceptors (Lipinski definition) is 4. The van der Waals surface area contributed by atoms with Gasteiger partial charge in [-0.25, -0.2) is 9.37 Å². The van der Waals surface area contributed by atoms with E-state index in [4.69, 9.17) is 0 Å². The van der Waals surface area contributed by atoms with E-state index in [-0.39, 0.29) is 24.9 Å². The molecular weight excluding hydrogens is 377 g/mol. The second-order valence-electron chi connectivity index (χ2n) is 6.45. The SMILES string of the molecule is Cc1ccc(CNC(=O)Cn2c(CO)cnc2SCc2ccc(F)cc2)cc1. The van der Waals surface area contributed by atoms with Crippen LogP contribution in [0.3, 0.4) is 0 Å². The highest BCUT2D eigenvalue weighted by Gasteiger charge is 2.13. The third-order valence-electron chi connectivity index (χ3n) is 4.26. The fraction of sp³-hybridized carbons (Fsp3) is 0.238. The first-order valence-corrected chi connectivity index (χ1v) is 9.88. The second kappa shape index (κ2) is 9.52. The van der Waals surface area contributed by atoms with E-state index in [1.54, 1.807) is 22.9 Å². The summed E-state index contributed by atoms with van der Waals surface area (Å²) in [5.41, 5.74) is 3.73. The summed E-state index contributed by atoms with van der Waals surface area (Å²) < 4.78 is 14.7. The zero-order valence-corrected chi connectivity index (χ0v) is 16.4. The van der Waals surface area contributed by atoms with Crippen molar-refractivity contribution in [2.75, 3.05) is 0 Å². The highest BCUT2D eigenvalue weighted by molar-refractivity contribution is 7.98. The van der Waals surface area contributed by atoms with Crippen molar-refractivity contribution in [2.45, 2.75) is 37.5 Å². The topological polar surface area (TPSA) is 67.2 Å². The number of aliphatic hydroxyl groups is 1. The lowest BCUT2D eigenvalue weighted by Gasteiger charge is -2.11. The standard InChI is InChI=1S/C21H22FN3O2S/c1-15-2-4-16(5-3-15)10-23-20(27)12-25-19(13-26)11-24-21(25)28-14-17-6-8-18(22)9-7-17/h2-9,11,26H,10,12-14H2,1H3,(H,23,27). The maximum Gasteiger partial charge on any atom is 0.240 e. The van der Waals surface area contributed by atoms with Crippen LogP contribution in [0, 0.1) is 12.7 Å². The van der Waals surface area contributed by atoms with Crippen LogP contribution in [0.4, 0.5) is 4.39 Å². The number of rotatable bonds is 8. The highest BCUT2D eigenvalue weighted by atomic mass is 32.2. The van der Waals surface area contributed by atoms with Crippen LogP contribution >= 0.6 is 11.8 Å². The number of amides is 1. The van der Waals surface area contributed by atoms with Crippen LogP contribution in [0.5, 0.6) is 0 Å². The Kier molecular flexibility index (Phi) is 6.84. The Hall–Kier alpha value is -2.64. The van der Waals surface area contributed by atoms with Crippen molar-refractivity contribution in [2.24, 2.45) is 0 Å². The second-order valence-corrected chi connectivity index (χ2v) is 7.40. The summed E-state index contributed by atoms with van der Waals surface area (Å²) >= 11 is 1.44. The van der Waals surface area contributed by atoms with E-state index in [1.165, 1.54) is 29.5 Å². The van der Waals surface area contributed by atoms with Gasteiger partial charge in [0.2, 0.25) is 5.91 Å². The molecule has 1 heterocycles. The molecule has 3 rings (SSSR count). The van der Waals surface area contributed by atoms with Gasteiger partial charge >= 0.3 is 0 Å². The number of imidazole rings is 1. The van der Waals surface area contributed by atoms with Crippen molar-refractivity contribution in [1.29, 1.82) is 0 Å². The first-order chi connectivity index (χ1) is 13.5. The van der Waals surface area contributed by atoms with Gasteiger partial charge in [-0.05, 0) is 30.2 Å². The molecule has 0 bridgehead atoms. The van der Waals surface area contributed by atoms with Crippen molar-refractivity contribution < 1.29 is 14.3 Å². The molecule has 0 aliphatic heterocycles. The number of halogens is 1. The number of carbonyl (C=O) groups excluding carboxylic acids is 1. The summed E-state index contributed by atoms with van der Waals surface area (Å²) in [5.74, 6) is 0.160. The van der Waals surface area contributed by atoms with Gasteiger partial charge in [0.1, 0.15) is 12.4 Å². The predicted molar refractivity (Wildman–Crippen MR) is 107 cm³/mol. The van der Waals surface area contributed by atoms with E-state index in [2.05, 4.69) is 10.3 Å². The van der Waals surface area contributed by atoms with Crippen LogP contribution in [0.2, 0.25) is 0 Å². The normalized spacial score (nSPS) is 10.8. The molecule has 0 radical (unpaired) electrons. The van der Waals surface area contributed by atoms with Crippen LogP contribution in [0.1, 0.15) is 22.4 Å². The van der Waals surface area contributed by atoms with Crippen LogP contribution in [0.15, 0.2) is 59.9 Å². The van der Waals surface area contributed by atoms with Gasteiger partial charge in [0.05, 0.1) is 18.5 Å². The van der Waals surface area contributed by atoms with Crippen LogP contribution in [0.25, 0.3) is 0 Å². The van der Waals surface area contributed by atoms with Crippen molar-refractivity contribution in [3.05, 3.63) is 82.9 Å². The molecule has 146 valence electrons. The fourth-order valence-electron chi connectivity index (χ4n) is 2.64. The molecule has 0 aliphatic rings. The van der Waals surface area contributed by atoms with Gasteiger partial charge in [-0.15, -0.1) is 0 Å². The summed E-state index contributed by atoms with van der Waals surface area (Å²) in [6.07, 6.45) is 1.57. The molecular formula is C21H22FN3O2S. The quantitative estimate of drug-likeness (QED) is 0.570. The number of carbonyl (C=O) groups is 1. The molecule has 0 aliphatic carbocycles. The first kappa shape index (κ1) is 20.1. The molecule has 7 heteroatoms. The van der Waals surface area contributed by atoms with Gasteiger partial charge < -0.3 is 15.0 Å². The van der Waals surface area contributed by atoms with Gasteiger partial charge in [0.15, 0.2) is 5.16 Å². The molecule has 2 N–H and O–H groups in total. The van der Waals surface area contributed by atoms with Gasteiger partial charge in [-0.1, -0.05) is 53.7 Å². The molecule has 0 saturated heterocycles. The number of aliphatic hydroxyl groups excluding tert-OH is 1. The molecule has 28 heavy (non-hydrogen) atoms. The van der Waals surface area contributed by atoms with Gasteiger partial charge in [0, 0.05) is 12.3 Å². The first-order valence-electron chi connectivity index (χ1n) is 8.90. The van der Waals surface area contributed by atoms with Crippen molar-refractivity contribution in [1.82, 2.24) is 14.9 Å². The van der Waals surface area contributed by atoms with Crippen LogP contribution in [-0.2, 0) is 30.2 Å². The molecule has 2 aromatic carbocycles. The lowest BCUT2D eigenvalue weighted by atomic mass is 10.1. The molecule has 1 amide bonds. The largest absolute Gasteiger partial charge is 0.390 e. The Labute approximate surface area is 167 Å². The molecule has 0 unspecified atom stereocenters. The molecule has 1 aromatic heterocycles. The molecule has 0 spiro atoms. The zero-order chi connectivity index (χ0) is 19.9. The Morgan fingerprint density at radius 3 is 2.50 bits per heavy atom. The minimum atomic E-state index is -0.275. The van der Waals surface area contributed by atoms with Crippen LogP contribution in [-0.4, -0.2) is 20.6 Å². The molecule has 0 fully saturated rings. The fourth-order valence-corrected chi connectivity index (χ4v) is 3.59. The van der Waals surface area contributed by atoms with E-state index in [0.717, 1.165) is 11.1 Å². The number of nitrogens with zero attached hydrogens (tertiary/aromatic N) is 2. The smallest absolute Gasteiger partial charge is 0.240 e. The number of aryl methyl sites for hydroxylation is 1. The van der Waals surface area contributed by atoms with E-state index in [1.807, 2.05) is 31.2 Å². The lowest BCUT2D eigenvalue weighted by Crippen LogP contribution is -2.28. The Morgan fingerprint density at radius 1 is 1.14 bits per heavy atom. The van der Waals surface area contributed by atoms with E-state index in [9.17, 15) is 14.3 Å². The van der Waals surface area contributed by atoms with Crippen molar-refractivity contribution in [3.63, 3.8) is 0 Å². The molecule has 0 saturated carbocycles. The van der Waals surface area contributed by atoms with Gasteiger partial charge in [0.25, 0.3) is 0 Å². The van der Waals surface area contributed by atoms with Crippen molar-refractivity contribution >= 4 is 17.7 Å². The summed E-state index contributed by atoms with van der Waals surface area (Å²) in [6, 6.07) is 14.2. The summed E-state index contributed by atoms with van der Waals surface area (Å²) in [6.45, 7) is 2.34. The highest BCUT2D eigenvalue weighted by Crippen LogP contribution is 2.23. The molecule has 0 atom stereocenters. The third kappa shape index (κ3) is 5.43. The number of aromatic nitrogens is 2. The third-order valence-corrected chi connectivity index (χ3v) is 5.32. The van der Waals surface area contributed by atoms with Gasteiger partial charge in [-0.2, -0.15) is 0 Å². The maximum atomic E-state index is 13.0. The minimum Gasteiger partial charge on any atom is -0.390 e. The summed E-state index contributed by atoms with van der Waals surface area (Å²) in [5, 5.41) is 13.1. The average molecular weight is 399 g/mol. The summed E-state index contributed by atoms with van der Waals surface area (Å²) in [7, 11) is 0. The Morgan fingerprint density at radius 2 is 1.82 bits per heavy atom. The molecule has 5 nitrogen and oxygen atoms in total. The summed E-state index contributed by atoms with van der Waals surface area (Å²) in [4.78, 5) is 16.7. The lowest BCUT2D eigenvalue weighted by molar-refractivity contribution is -0.122. The Bertz CT molecular complexity index is 924. The minimum absolute atomic E-state index is 0.0769. The van der Waals surface area contributed by atoms with Crippen molar-refractivity contribution in [3.8, 4) is 0 Å². The number of benzene rings is 2. The average Bonchev–Trinajstić information content (AvgIpc) is 3.08. The van der Waals surface area contributed by atoms with E-state index >= 15 is 0 Å².